The zero-order valence-corrected chi connectivity index (χ0v) is 16.4. The van der Waals surface area contributed by atoms with Crippen LogP contribution in [0.5, 0.6) is 0 Å². The molecular weight excluding hydrogens is 378 g/mol. The molecule has 1 aliphatic carbocycles. The molecule has 0 bridgehead atoms. The Balaban J connectivity index is 1.70. The predicted octanol–water partition coefficient (Wildman–Crippen LogP) is 5.12. The lowest BCUT2D eigenvalue weighted by molar-refractivity contribution is -0.119. The molecule has 1 aliphatic rings. The highest BCUT2D eigenvalue weighted by atomic mass is 35.5. The monoisotopic (exact) mass is 397 g/mol. The molecule has 1 aromatic heterocycles. The molecular formula is C21H20ClN3OS. The molecule has 27 heavy (non-hydrogen) atoms. The third-order valence-electron chi connectivity index (χ3n) is 4.74. The van der Waals surface area contributed by atoms with Crippen LogP contribution >= 0.6 is 23.4 Å². The van der Waals surface area contributed by atoms with E-state index in [1.807, 2.05) is 42.5 Å². The topological polar surface area (TPSA) is 47.8 Å². The number of thioether (sulfide) groups is 1. The third kappa shape index (κ3) is 4.25. The van der Waals surface area contributed by atoms with Crippen molar-refractivity contribution in [1.29, 1.82) is 0 Å². The van der Waals surface area contributed by atoms with Crippen LogP contribution in [0, 0.1) is 0 Å². The van der Waals surface area contributed by atoms with Gasteiger partial charge in [-0.1, -0.05) is 60.1 Å². The lowest BCUT2D eigenvalue weighted by Gasteiger charge is -2.20. The normalized spacial score (nSPS) is 17.2. The maximum atomic E-state index is 12.3. The van der Waals surface area contributed by atoms with Gasteiger partial charge in [-0.2, -0.15) is 0 Å². The van der Waals surface area contributed by atoms with Crippen LogP contribution < -0.4 is 0 Å². The Kier molecular flexibility index (Phi) is 5.60. The minimum Gasteiger partial charge on any atom is -0.298 e. The van der Waals surface area contributed by atoms with E-state index in [4.69, 9.17) is 11.6 Å². The summed E-state index contributed by atoms with van der Waals surface area (Å²) in [7, 11) is 0. The van der Waals surface area contributed by atoms with E-state index < -0.39 is 0 Å². The van der Waals surface area contributed by atoms with Gasteiger partial charge in [0.2, 0.25) is 0 Å². The molecule has 2 aromatic carbocycles. The molecule has 1 unspecified atom stereocenters. The molecule has 0 aliphatic heterocycles. The van der Waals surface area contributed by atoms with Gasteiger partial charge in [0.15, 0.2) is 5.16 Å². The van der Waals surface area contributed by atoms with Crippen LogP contribution in [0.4, 0.5) is 0 Å². The molecule has 0 saturated heterocycles. The highest BCUT2D eigenvalue weighted by Gasteiger charge is 2.26. The van der Waals surface area contributed by atoms with Crippen LogP contribution in [-0.4, -0.2) is 25.8 Å². The maximum Gasteiger partial charge on any atom is 0.196 e. The smallest absolute Gasteiger partial charge is 0.196 e. The van der Waals surface area contributed by atoms with E-state index in [2.05, 4.69) is 26.9 Å². The number of ketones is 1. The van der Waals surface area contributed by atoms with E-state index in [0.717, 1.165) is 35.9 Å². The summed E-state index contributed by atoms with van der Waals surface area (Å²) in [6.45, 7) is 0. The fourth-order valence-corrected chi connectivity index (χ4v) is 4.64. The van der Waals surface area contributed by atoms with E-state index in [9.17, 15) is 4.79 Å². The zero-order chi connectivity index (χ0) is 18.6. The van der Waals surface area contributed by atoms with Crippen molar-refractivity contribution >= 4 is 29.1 Å². The molecule has 1 atom stereocenters. The standard InChI is InChI=1S/C21H20ClN3OS/c22-16-10-12-17(13-11-16)25-20(14-15-6-2-1-3-7-15)23-24-21(25)27-19-9-5-4-8-18(19)26/h1-3,6-7,10-13,19H,4-5,8-9,14H2. The van der Waals surface area contributed by atoms with Gasteiger partial charge in [-0.05, 0) is 42.7 Å². The van der Waals surface area contributed by atoms with Gasteiger partial charge in [0.1, 0.15) is 11.6 Å². The summed E-state index contributed by atoms with van der Waals surface area (Å²) in [6, 6.07) is 17.9. The summed E-state index contributed by atoms with van der Waals surface area (Å²) in [5.41, 5.74) is 2.13. The van der Waals surface area contributed by atoms with Crippen molar-refractivity contribution in [2.24, 2.45) is 0 Å². The molecule has 0 N–H and O–H groups in total. The van der Waals surface area contributed by atoms with Crippen molar-refractivity contribution in [1.82, 2.24) is 14.8 Å². The van der Waals surface area contributed by atoms with Crippen molar-refractivity contribution in [3.8, 4) is 5.69 Å². The third-order valence-corrected chi connectivity index (χ3v) is 6.25. The second-order valence-electron chi connectivity index (χ2n) is 6.69. The molecule has 1 fully saturated rings. The first-order valence-electron chi connectivity index (χ1n) is 9.14. The molecule has 138 valence electrons. The average molecular weight is 398 g/mol. The van der Waals surface area contributed by atoms with Crippen LogP contribution in [-0.2, 0) is 11.2 Å². The first-order chi connectivity index (χ1) is 13.2. The van der Waals surface area contributed by atoms with Crippen molar-refractivity contribution in [3.63, 3.8) is 0 Å². The second kappa shape index (κ2) is 8.28. The number of rotatable bonds is 5. The van der Waals surface area contributed by atoms with Gasteiger partial charge in [-0.25, -0.2) is 0 Å². The summed E-state index contributed by atoms with van der Waals surface area (Å²) in [6.07, 6.45) is 4.35. The number of hydrogen-bond acceptors (Lipinski definition) is 4. The Labute approximate surface area is 168 Å². The Morgan fingerprint density at radius 3 is 2.56 bits per heavy atom. The SMILES string of the molecule is O=C1CCCCC1Sc1nnc(Cc2ccccc2)n1-c1ccc(Cl)cc1. The molecule has 6 heteroatoms. The first kappa shape index (κ1) is 18.3. The summed E-state index contributed by atoms with van der Waals surface area (Å²) in [4.78, 5) is 12.3. The number of Topliss-reactive ketones (excluding diaryl/α,β-unsaturated/α-hetero) is 1. The Bertz CT molecular complexity index is 924. The van der Waals surface area contributed by atoms with E-state index >= 15 is 0 Å². The van der Waals surface area contributed by atoms with E-state index in [1.54, 1.807) is 0 Å². The highest BCUT2D eigenvalue weighted by molar-refractivity contribution is 8.00. The fourth-order valence-electron chi connectivity index (χ4n) is 3.32. The minimum absolute atomic E-state index is 0.0291. The van der Waals surface area contributed by atoms with Crippen LogP contribution in [0.3, 0.4) is 0 Å². The average Bonchev–Trinajstić information content (AvgIpc) is 3.07. The van der Waals surface area contributed by atoms with Crippen LogP contribution in [0.2, 0.25) is 5.02 Å². The first-order valence-corrected chi connectivity index (χ1v) is 10.4. The van der Waals surface area contributed by atoms with Gasteiger partial charge in [0.05, 0.1) is 5.25 Å². The molecule has 3 aromatic rings. The summed E-state index contributed by atoms with van der Waals surface area (Å²) in [5, 5.41) is 10.3. The highest BCUT2D eigenvalue weighted by Crippen LogP contribution is 2.33. The van der Waals surface area contributed by atoms with Gasteiger partial charge in [-0.3, -0.25) is 9.36 Å². The number of halogens is 1. The number of aromatic nitrogens is 3. The van der Waals surface area contributed by atoms with Crippen molar-refractivity contribution in [2.75, 3.05) is 0 Å². The molecule has 0 radical (unpaired) electrons. The van der Waals surface area contributed by atoms with Crippen LogP contribution in [0.25, 0.3) is 5.69 Å². The quantitative estimate of drug-likeness (QED) is 0.599. The molecule has 4 nitrogen and oxygen atoms in total. The van der Waals surface area contributed by atoms with Crippen LogP contribution in [0.15, 0.2) is 59.8 Å². The number of carbonyl (C=O) groups excluding carboxylic acids is 1. The van der Waals surface area contributed by atoms with E-state index in [0.29, 0.717) is 23.6 Å². The van der Waals surface area contributed by atoms with Crippen molar-refractivity contribution in [3.05, 3.63) is 71.0 Å². The number of benzene rings is 2. The second-order valence-corrected chi connectivity index (χ2v) is 8.30. The Morgan fingerprint density at radius 2 is 1.81 bits per heavy atom. The number of carbonyl (C=O) groups is 1. The summed E-state index contributed by atoms with van der Waals surface area (Å²) >= 11 is 7.60. The van der Waals surface area contributed by atoms with Crippen molar-refractivity contribution in [2.45, 2.75) is 42.5 Å². The molecule has 0 spiro atoms. The summed E-state index contributed by atoms with van der Waals surface area (Å²) in [5.74, 6) is 1.18. The Morgan fingerprint density at radius 1 is 1.04 bits per heavy atom. The van der Waals surface area contributed by atoms with Gasteiger partial charge < -0.3 is 0 Å². The predicted molar refractivity (Wildman–Crippen MR) is 109 cm³/mol. The molecule has 1 heterocycles. The minimum atomic E-state index is -0.0291. The largest absolute Gasteiger partial charge is 0.298 e. The van der Waals surface area contributed by atoms with E-state index in [-0.39, 0.29) is 5.25 Å². The van der Waals surface area contributed by atoms with Crippen molar-refractivity contribution < 1.29 is 4.79 Å². The maximum absolute atomic E-state index is 12.3. The van der Waals surface area contributed by atoms with Gasteiger partial charge >= 0.3 is 0 Å². The number of hydrogen-bond donors (Lipinski definition) is 0. The van der Waals surface area contributed by atoms with Gasteiger partial charge in [-0.15, -0.1) is 10.2 Å². The lowest BCUT2D eigenvalue weighted by Crippen LogP contribution is -2.21. The Hall–Kier alpha value is -2.11. The fraction of sp³-hybridized carbons (Fsp3) is 0.286. The lowest BCUT2D eigenvalue weighted by atomic mass is 9.99. The molecule has 1 saturated carbocycles. The summed E-state index contributed by atoms with van der Waals surface area (Å²) < 4.78 is 2.05. The molecule has 4 rings (SSSR count). The number of nitrogens with zero attached hydrogens (tertiary/aromatic N) is 3. The van der Waals surface area contributed by atoms with Gasteiger partial charge in [0, 0.05) is 23.6 Å². The molecule has 0 amide bonds. The van der Waals surface area contributed by atoms with Gasteiger partial charge in [0.25, 0.3) is 0 Å². The zero-order valence-electron chi connectivity index (χ0n) is 14.8. The van der Waals surface area contributed by atoms with E-state index in [1.165, 1.54) is 17.3 Å². The van der Waals surface area contributed by atoms with Crippen LogP contribution in [0.1, 0.15) is 37.1 Å².